The molecule has 0 spiro atoms. The molecule has 0 radical (unpaired) electrons. The van der Waals surface area contributed by atoms with Crippen molar-refractivity contribution in [2.45, 2.75) is 46.2 Å². The highest BCUT2D eigenvalue weighted by Gasteiger charge is 2.21. The number of nitrogens with one attached hydrogen (secondary N) is 2. The molecule has 0 aliphatic heterocycles. The lowest BCUT2D eigenvalue weighted by molar-refractivity contribution is 0.675. The van der Waals surface area contributed by atoms with Crippen molar-refractivity contribution in [1.29, 1.82) is 0 Å². The molecule has 1 heterocycles. The van der Waals surface area contributed by atoms with Gasteiger partial charge in [0.15, 0.2) is 0 Å². The van der Waals surface area contributed by atoms with E-state index >= 15 is 0 Å². The SMILES string of the molecule is Cc1ccc2c(C)c(CNC3CC3)[nH]c2c1C. The third kappa shape index (κ3) is 1.87. The number of H-pyrrole nitrogens is 1. The van der Waals surface area contributed by atoms with Crippen molar-refractivity contribution >= 4 is 10.9 Å². The highest BCUT2D eigenvalue weighted by Crippen LogP contribution is 2.27. The van der Waals surface area contributed by atoms with Gasteiger partial charge in [0.25, 0.3) is 0 Å². The molecule has 90 valence electrons. The van der Waals surface area contributed by atoms with Gasteiger partial charge in [-0.25, -0.2) is 0 Å². The summed E-state index contributed by atoms with van der Waals surface area (Å²) in [4.78, 5) is 3.59. The average Bonchev–Trinajstić information content (AvgIpc) is 3.08. The van der Waals surface area contributed by atoms with Gasteiger partial charge in [-0.1, -0.05) is 12.1 Å². The lowest BCUT2D eigenvalue weighted by atomic mass is 10.0. The molecule has 0 bridgehead atoms. The first-order valence-electron chi connectivity index (χ1n) is 6.47. The monoisotopic (exact) mass is 228 g/mol. The van der Waals surface area contributed by atoms with E-state index in [9.17, 15) is 0 Å². The third-order valence-electron chi connectivity index (χ3n) is 4.01. The lowest BCUT2D eigenvalue weighted by Gasteiger charge is -2.01. The van der Waals surface area contributed by atoms with Gasteiger partial charge in [0, 0.05) is 29.2 Å². The van der Waals surface area contributed by atoms with Gasteiger partial charge in [0.05, 0.1) is 0 Å². The molecule has 0 unspecified atom stereocenters. The van der Waals surface area contributed by atoms with Gasteiger partial charge < -0.3 is 10.3 Å². The second-order valence-electron chi connectivity index (χ2n) is 5.31. The van der Waals surface area contributed by atoms with E-state index in [0.29, 0.717) is 0 Å². The first-order chi connectivity index (χ1) is 8.16. The van der Waals surface area contributed by atoms with Crippen LogP contribution in [0.4, 0.5) is 0 Å². The maximum Gasteiger partial charge on any atom is 0.0491 e. The molecule has 0 saturated heterocycles. The fourth-order valence-electron chi connectivity index (χ4n) is 2.41. The van der Waals surface area contributed by atoms with Gasteiger partial charge >= 0.3 is 0 Å². The maximum absolute atomic E-state index is 3.59. The van der Waals surface area contributed by atoms with Crippen LogP contribution in [0.25, 0.3) is 10.9 Å². The van der Waals surface area contributed by atoms with Crippen LogP contribution in [0, 0.1) is 20.8 Å². The van der Waals surface area contributed by atoms with E-state index in [1.54, 1.807) is 0 Å². The molecule has 1 aliphatic rings. The predicted octanol–water partition coefficient (Wildman–Crippen LogP) is 3.35. The summed E-state index contributed by atoms with van der Waals surface area (Å²) in [5.41, 5.74) is 6.80. The van der Waals surface area contributed by atoms with Crippen molar-refractivity contribution in [2.75, 3.05) is 0 Å². The van der Waals surface area contributed by atoms with Crippen molar-refractivity contribution in [3.8, 4) is 0 Å². The highest BCUT2D eigenvalue weighted by atomic mass is 15.0. The van der Waals surface area contributed by atoms with Gasteiger partial charge in [0.1, 0.15) is 0 Å². The normalized spacial score (nSPS) is 15.7. The van der Waals surface area contributed by atoms with Gasteiger partial charge in [-0.3, -0.25) is 0 Å². The number of aromatic amines is 1. The van der Waals surface area contributed by atoms with E-state index < -0.39 is 0 Å². The molecule has 0 amide bonds. The summed E-state index contributed by atoms with van der Waals surface area (Å²) in [5, 5.41) is 4.95. The Labute approximate surface area is 102 Å². The molecule has 2 aromatic rings. The fraction of sp³-hybridized carbons (Fsp3) is 0.467. The minimum Gasteiger partial charge on any atom is -0.357 e. The van der Waals surface area contributed by atoms with Crippen molar-refractivity contribution in [1.82, 2.24) is 10.3 Å². The predicted molar refractivity (Wildman–Crippen MR) is 72.4 cm³/mol. The molecule has 2 N–H and O–H groups in total. The maximum atomic E-state index is 3.59. The molecule has 1 aliphatic carbocycles. The van der Waals surface area contributed by atoms with Gasteiger partial charge in [-0.05, 0) is 50.3 Å². The molecule has 2 heteroatoms. The number of aryl methyl sites for hydroxylation is 3. The molecular weight excluding hydrogens is 208 g/mol. The Balaban J connectivity index is 2.01. The summed E-state index contributed by atoms with van der Waals surface area (Å²) in [5.74, 6) is 0. The Kier molecular flexibility index (Phi) is 2.48. The van der Waals surface area contributed by atoms with Crippen LogP contribution in [-0.4, -0.2) is 11.0 Å². The summed E-state index contributed by atoms with van der Waals surface area (Å²) < 4.78 is 0. The Bertz CT molecular complexity index is 562. The standard InChI is InChI=1S/C15H20N2/c1-9-4-7-13-11(3)14(8-16-12-5-6-12)17-15(13)10(9)2/h4,7,12,16-17H,5-6,8H2,1-3H3. The Morgan fingerprint density at radius 2 is 1.94 bits per heavy atom. The average molecular weight is 228 g/mol. The van der Waals surface area contributed by atoms with Crippen LogP contribution in [0.1, 0.15) is 35.2 Å². The second-order valence-corrected chi connectivity index (χ2v) is 5.31. The molecule has 0 atom stereocenters. The first kappa shape index (κ1) is 10.8. The van der Waals surface area contributed by atoms with Crippen LogP contribution in [-0.2, 0) is 6.54 Å². The third-order valence-corrected chi connectivity index (χ3v) is 4.01. The van der Waals surface area contributed by atoms with E-state index in [1.807, 2.05) is 0 Å². The molecule has 3 rings (SSSR count). The zero-order valence-corrected chi connectivity index (χ0v) is 10.9. The van der Waals surface area contributed by atoms with Gasteiger partial charge in [-0.2, -0.15) is 0 Å². The number of rotatable bonds is 3. The zero-order chi connectivity index (χ0) is 12.0. The first-order valence-corrected chi connectivity index (χ1v) is 6.47. The van der Waals surface area contributed by atoms with Crippen LogP contribution < -0.4 is 5.32 Å². The van der Waals surface area contributed by atoms with Gasteiger partial charge in [0.2, 0.25) is 0 Å². The van der Waals surface area contributed by atoms with Crippen LogP contribution in [0.2, 0.25) is 0 Å². The fourth-order valence-corrected chi connectivity index (χ4v) is 2.41. The molecule has 1 aromatic heterocycles. The summed E-state index contributed by atoms with van der Waals surface area (Å²) in [6.07, 6.45) is 2.69. The molecule has 1 saturated carbocycles. The Morgan fingerprint density at radius 3 is 2.65 bits per heavy atom. The van der Waals surface area contributed by atoms with Crippen LogP contribution in [0.3, 0.4) is 0 Å². The topological polar surface area (TPSA) is 27.8 Å². The molecule has 17 heavy (non-hydrogen) atoms. The summed E-state index contributed by atoms with van der Waals surface area (Å²) in [6, 6.07) is 5.23. The van der Waals surface area contributed by atoms with E-state index in [-0.39, 0.29) is 0 Å². The van der Waals surface area contributed by atoms with Gasteiger partial charge in [-0.15, -0.1) is 0 Å². The summed E-state index contributed by atoms with van der Waals surface area (Å²) >= 11 is 0. The van der Waals surface area contributed by atoms with E-state index in [2.05, 4.69) is 43.2 Å². The van der Waals surface area contributed by atoms with E-state index in [4.69, 9.17) is 0 Å². The van der Waals surface area contributed by atoms with Crippen LogP contribution in [0.5, 0.6) is 0 Å². The highest BCUT2D eigenvalue weighted by molar-refractivity contribution is 5.87. The summed E-state index contributed by atoms with van der Waals surface area (Å²) in [7, 11) is 0. The van der Waals surface area contributed by atoms with Crippen molar-refractivity contribution in [2.24, 2.45) is 0 Å². The van der Waals surface area contributed by atoms with E-state index in [1.165, 1.54) is 46.1 Å². The minimum atomic E-state index is 0.767. The van der Waals surface area contributed by atoms with Crippen LogP contribution >= 0.6 is 0 Å². The largest absolute Gasteiger partial charge is 0.357 e. The van der Waals surface area contributed by atoms with E-state index in [0.717, 1.165) is 12.6 Å². The number of aromatic nitrogens is 1. The number of fused-ring (bicyclic) bond motifs is 1. The smallest absolute Gasteiger partial charge is 0.0491 e. The lowest BCUT2D eigenvalue weighted by Crippen LogP contribution is -2.16. The second kappa shape index (κ2) is 3.88. The van der Waals surface area contributed by atoms with Crippen molar-refractivity contribution < 1.29 is 0 Å². The zero-order valence-electron chi connectivity index (χ0n) is 10.9. The number of hydrogen-bond acceptors (Lipinski definition) is 1. The Hall–Kier alpha value is -1.28. The molecule has 1 fully saturated rings. The van der Waals surface area contributed by atoms with Crippen molar-refractivity contribution in [3.63, 3.8) is 0 Å². The Morgan fingerprint density at radius 1 is 1.18 bits per heavy atom. The van der Waals surface area contributed by atoms with Crippen molar-refractivity contribution in [3.05, 3.63) is 34.5 Å². The molecular formula is C15H20N2. The molecule has 2 nitrogen and oxygen atoms in total. The van der Waals surface area contributed by atoms with Crippen LogP contribution in [0.15, 0.2) is 12.1 Å². The molecule has 1 aromatic carbocycles. The number of benzene rings is 1. The summed E-state index contributed by atoms with van der Waals surface area (Å²) in [6.45, 7) is 7.57. The minimum absolute atomic E-state index is 0.767. The quantitative estimate of drug-likeness (QED) is 0.828. The number of hydrogen-bond donors (Lipinski definition) is 2.